The van der Waals surface area contributed by atoms with Gasteiger partial charge in [-0.05, 0) is 30.9 Å². The Hall–Kier alpha value is -2.24. The monoisotopic (exact) mass is 289 g/mol. The van der Waals surface area contributed by atoms with Gasteiger partial charge in [-0.3, -0.25) is 4.90 Å². The smallest absolute Gasteiger partial charge is 0.326 e. The summed E-state index contributed by atoms with van der Waals surface area (Å²) in [5.74, 6) is -0.873. The Morgan fingerprint density at radius 3 is 2.52 bits per heavy atom. The molecule has 0 radical (unpaired) electrons. The zero-order chi connectivity index (χ0) is 15.0. The fraction of sp³-hybridized carbons (Fsp3) is 0.467. The zero-order valence-electron chi connectivity index (χ0n) is 12.0. The van der Waals surface area contributed by atoms with Gasteiger partial charge in [0, 0.05) is 20.1 Å². The van der Waals surface area contributed by atoms with E-state index < -0.39 is 12.0 Å². The second-order valence-corrected chi connectivity index (χ2v) is 5.66. The molecule has 1 saturated carbocycles. The lowest BCUT2D eigenvalue weighted by molar-refractivity contribution is -0.139. The van der Waals surface area contributed by atoms with E-state index in [2.05, 4.69) is 10.2 Å². The molecular formula is C15H19N3O3. The molecule has 1 atom stereocenters. The van der Waals surface area contributed by atoms with Gasteiger partial charge < -0.3 is 15.3 Å². The highest BCUT2D eigenvalue weighted by atomic mass is 16.4. The summed E-state index contributed by atoms with van der Waals surface area (Å²) in [5, 5.41) is 11.9. The summed E-state index contributed by atoms with van der Waals surface area (Å²) in [7, 11) is 1.98. The third-order valence-electron chi connectivity index (χ3n) is 4.13. The first kappa shape index (κ1) is 13.7. The lowest BCUT2D eigenvalue weighted by atomic mass is 10.1. The summed E-state index contributed by atoms with van der Waals surface area (Å²) in [6.07, 6.45) is 1.74. The van der Waals surface area contributed by atoms with Crippen LogP contribution in [0.25, 0.3) is 0 Å². The van der Waals surface area contributed by atoms with Crippen molar-refractivity contribution >= 4 is 23.4 Å². The predicted octanol–water partition coefficient (Wildman–Crippen LogP) is 1.52. The number of para-hydroxylation sites is 2. The molecule has 112 valence electrons. The van der Waals surface area contributed by atoms with Gasteiger partial charge in [0.1, 0.15) is 6.04 Å². The molecule has 6 heteroatoms. The van der Waals surface area contributed by atoms with Gasteiger partial charge in [-0.25, -0.2) is 9.59 Å². The quantitative estimate of drug-likeness (QED) is 0.885. The number of nitrogens with one attached hydrogen (secondary N) is 1. The Bertz CT molecular complexity index is 571. The number of aliphatic carboxylic acids is 1. The second-order valence-electron chi connectivity index (χ2n) is 5.66. The zero-order valence-corrected chi connectivity index (χ0v) is 12.0. The third-order valence-corrected chi connectivity index (χ3v) is 4.13. The molecule has 0 spiro atoms. The summed E-state index contributed by atoms with van der Waals surface area (Å²) in [4.78, 5) is 27.4. The van der Waals surface area contributed by atoms with E-state index in [1.807, 2.05) is 31.3 Å². The molecule has 1 unspecified atom stereocenters. The van der Waals surface area contributed by atoms with Crippen molar-refractivity contribution in [3.8, 4) is 0 Å². The number of carboxylic acids is 1. The van der Waals surface area contributed by atoms with Crippen LogP contribution in [0.4, 0.5) is 16.2 Å². The Kier molecular flexibility index (Phi) is 3.45. The Morgan fingerprint density at radius 2 is 1.90 bits per heavy atom. The van der Waals surface area contributed by atoms with Gasteiger partial charge in [0.05, 0.1) is 11.4 Å². The molecule has 0 bridgehead atoms. The number of likely N-dealkylation sites (N-methyl/N-ethyl adjacent to an activating group) is 1. The van der Waals surface area contributed by atoms with Crippen molar-refractivity contribution in [3.63, 3.8) is 0 Å². The highest BCUT2D eigenvalue weighted by molar-refractivity contribution is 5.98. The average Bonchev–Trinajstić information content (AvgIpc) is 3.29. The van der Waals surface area contributed by atoms with Crippen LogP contribution in [0.3, 0.4) is 0 Å². The van der Waals surface area contributed by atoms with Gasteiger partial charge in [-0.1, -0.05) is 12.1 Å². The normalized spacial score (nSPS) is 18.9. The lowest BCUT2D eigenvalue weighted by Crippen LogP contribution is -2.52. The molecule has 0 saturated heterocycles. The van der Waals surface area contributed by atoms with Crippen LogP contribution in [0.5, 0.6) is 0 Å². The van der Waals surface area contributed by atoms with Crippen molar-refractivity contribution in [1.29, 1.82) is 0 Å². The molecule has 1 aliphatic carbocycles. The predicted molar refractivity (Wildman–Crippen MR) is 79.7 cm³/mol. The van der Waals surface area contributed by atoms with Crippen LogP contribution < -0.4 is 15.1 Å². The molecular weight excluding hydrogens is 270 g/mol. The number of carbonyl (C=O) groups is 2. The lowest BCUT2D eigenvalue weighted by Gasteiger charge is -2.36. The number of carbonyl (C=O) groups excluding carboxylic acids is 1. The third kappa shape index (κ3) is 2.66. The minimum absolute atomic E-state index is 0.0779. The van der Waals surface area contributed by atoms with Crippen molar-refractivity contribution in [2.45, 2.75) is 18.9 Å². The number of carboxylic acid groups (broad SMARTS) is 1. The summed E-state index contributed by atoms with van der Waals surface area (Å²) in [5.41, 5.74) is 1.81. The van der Waals surface area contributed by atoms with Crippen LogP contribution in [0, 0.1) is 5.92 Å². The summed E-state index contributed by atoms with van der Waals surface area (Å²) in [6.45, 7) is 1.28. The summed E-state index contributed by atoms with van der Waals surface area (Å²) < 4.78 is 0. The topological polar surface area (TPSA) is 72.9 Å². The molecule has 1 heterocycles. The number of hydrogen-bond donors (Lipinski definition) is 2. The fourth-order valence-electron chi connectivity index (χ4n) is 2.74. The van der Waals surface area contributed by atoms with E-state index in [0.717, 1.165) is 30.8 Å². The molecule has 2 N–H and O–H groups in total. The molecule has 3 rings (SSSR count). The molecule has 1 aromatic rings. The van der Waals surface area contributed by atoms with Gasteiger partial charge in [0.2, 0.25) is 0 Å². The molecule has 6 nitrogen and oxygen atoms in total. The molecule has 2 amide bonds. The van der Waals surface area contributed by atoms with Gasteiger partial charge in [-0.2, -0.15) is 0 Å². The molecule has 2 aliphatic rings. The number of anilines is 2. The highest BCUT2D eigenvalue weighted by Gasteiger charge is 2.38. The highest BCUT2D eigenvalue weighted by Crippen LogP contribution is 2.34. The van der Waals surface area contributed by atoms with Crippen LogP contribution in [0.2, 0.25) is 0 Å². The van der Waals surface area contributed by atoms with Crippen molar-refractivity contribution in [2.75, 3.05) is 29.9 Å². The number of fused-ring (bicyclic) bond motifs is 1. The minimum Gasteiger partial charge on any atom is -0.480 e. The average molecular weight is 289 g/mol. The number of urea groups is 1. The molecule has 1 fully saturated rings. The largest absolute Gasteiger partial charge is 0.480 e. The van der Waals surface area contributed by atoms with E-state index in [9.17, 15) is 14.7 Å². The molecule has 0 aromatic heterocycles. The van der Waals surface area contributed by atoms with E-state index in [1.54, 1.807) is 4.90 Å². The first-order valence-corrected chi connectivity index (χ1v) is 7.19. The van der Waals surface area contributed by atoms with Crippen molar-refractivity contribution in [3.05, 3.63) is 24.3 Å². The summed E-state index contributed by atoms with van der Waals surface area (Å²) >= 11 is 0. The maximum atomic E-state index is 12.4. The Balaban J connectivity index is 1.79. The van der Waals surface area contributed by atoms with Crippen molar-refractivity contribution in [1.82, 2.24) is 5.32 Å². The van der Waals surface area contributed by atoms with Crippen LogP contribution in [0.15, 0.2) is 24.3 Å². The standard InChI is InChI=1S/C15H19N3O3/c1-17-8-9-18(12-5-3-2-4-11(12)17)15(21)16-13(14(19)20)10-6-7-10/h2-5,10,13H,6-9H2,1H3,(H,16,21)(H,19,20). The van der Waals surface area contributed by atoms with Crippen LogP contribution in [0.1, 0.15) is 12.8 Å². The van der Waals surface area contributed by atoms with Gasteiger partial charge in [0.25, 0.3) is 0 Å². The maximum absolute atomic E-state index is 12.4. The van der Waals surface area contributed by atoms with E-state index >= 15 is 0 Å². The number of amides is 2. The molecule has 21 heavy (non-hydrogen) atoms. The summed E-state index contributed by atoms with van der Waals surface area (Å²) in [6, 6.07) is 6.57. The van der Waals surface area contributed by atoms with Crippen LogP contribution in [-0.4, -0.2) is 43.3 Å². The van der Waals surface area contributed by atoms with Gasteiger partial charge >= 0.3 is 12.0 Å². The van der Waals surface area contributed by atoms with Crippen LogP contribution >= 0.6 is 0 Å². The van der Waals surface area contributed by atoms with E-state index in [-0.39, 0.29) is 11.9 Å². The van der Waals surface area contributed by atoms with Crippen molar-refractivity contribution in [2.24, 2.45) is 5.92 Å². The second kappa shape index (κ2) is 5.27. The van der Waals surface area contributed by atoms with E-state index in [4.69, 9.17) is 0 Å². The molecule has 1 aliphatic heterocycles. The SMILES string of the molecule is CN1CCN(C(=O)NC(C(=O)O)C2CC2)c2ccccc21. The fourth-order valence-corrected chi connectivity index (χ4v) is 2.74. The maximum Gasteiger partial charge on any atom is 0.326 e. The number of hydrogen-bond acceptors (Lipinski definition) is 3. The van der Waals surface area contributed by atoms with E-state index in [1.165, 1.54) is 0 Å². The van der Waals surface area contributed by atoms with Crippen LogP contribution in [-0.2, 0) is 4.79 Å². The van der Waals surface area contributed by atoms with E-state index in [0.29, 0.717) is 6.54 Å². The molecule has 1 aromatic carbocycles. The minimum atomic E-state index is -0.951. The van der Waals surface area contributed by atoms with Gasteiger partial charge in [0.15, 0.2) is 0 Å². The first-order valence-electron chi connectivity index (χ1n) is 7.19. The Labute approximate surface area is 123 Å². The van der Waals surface area contributed by atoms with Gasteiger partial charge in [-0.15, -0.1) is 0 Å². The Morgan fingerprint density at radius 1 is 1.24 bits per heavy atom. The number of rotatable bonds is 3. The number of benzene rings is 1. The first-order chi connectivity index (χ1) is 10.1. The van der Waals surface area contributed by atoms with Crippen molar-refractivity contribution < 1.29 is 14.7 Å². The number of nitrogens with zero attached hydrogens (tertiary/aromatic N) is 2.